The number of rotatable bonds is 9. The number of benzene rings is 8. The number of aromatic nitrogens is 2. The van der Waals surface area contributed by atoms with E-state index in [-0.39, 0.29) is 21.1 Å². The number of hydrogen-bond donors (Lipinski definition) is 0. The summed E-state index contributed by atoms with van der Waals surface area (Å²) in [7, 11) is -2.81. The van der Waals surface area contributed by atoms with Crippen LogP contribution in [0.3, 0.4) is 0 Å². The van der Waals surface area contributed by atoms with Crippen molar-refractivity contribution in [1.82, 2.24) is 9.55 Å². The van der Waals surface area contributed by atoms with Crippen molar-refractivity contribution in [1.29, 1.82) is 0 Å². The first kappa shape index (κ1) is 38.2. The molecule has 0 bridgehead atoms. The molecule has 0 fully saturated rings. The summed E-state index contributed by atoms with van der Waals surface area (Å²) in [5.41, 5.74) is 6.08. The Morgan fingerprint density at radius 1 is 0.475 bits per heavy atom. The molecule has 0 radical (unpaired) electrons. The van der Waals surface area contributed by atoms with E-state index in [1.165, 1.54) is 20.7 Å². The molecule has 0 N–H and O–H groups in total. The zero-order valence-corrected chi connectivity index (χ0v) is 36.1. The standard InChI is InChI=1S/C54H37N4OSi.Pt/c1-5-18-40(19-6-1)56-39-57(52-31-16-15-30-51(52)56)41-20-17-21-42(36-41)59-43-32-33-49-48-28-13-14-29-50(48)58(53(49)37-43)54-38-47(34-35-55-54)60(44-22-7-2-8-23-44,45-24-9-3-10-25-45)46-26-11-4-12-27-46;/h1-35,38-39H;/q-3;. The Bertz CT molecular complexity index is 3030. The molecule has 11 rings (SSSR count). The zero-order chi connectivity index (χ0) is 39.9. The molecule has 3 heterocycles. The van der Waals surface area contributed by atoms with Crippen molar-refractivity contribution >= 4 is 73.4 Å². The second kappa shape index (κ2) is 16.2. The molecule has 0 atom stereocenters. The molecule has 0 saturated heterocycles. The van der Waals surface area contributed by atoms with Crippen LogP contribution < -0.4 is 35.3 Å². The first-order valence-corrected chi connectivity index (χ1v) is 22.1. The monoisotopic (exact) mass is 980 g/mol. The first-order valence-electron chi connectivity index (χ1n) is 20.1. The quantitative estimate of drug-likeness (QED) is 0.0820. The summed E-state index contributed by atoms with van der Waals surface area (Å²) in [6.45, 7) is 2.11. The van der Waals surface area contributed by atoms with Crippen LogP contribution in [0.4, 0.5) is 22.7 Å². The summed E-state index contributed by atoms with van der Waals surface area (Å²) in [5.74, 6) is 2.01. The van der Waals surface area contributed by atoms with Crippen LogP contribution in [0.25, 0.3) is 27.6 Å². The Morgan fingerprint density at radius 3 is 1.72 bits per heavy atom. The van der Waals surface area contributed by atoms with Crippen LogP contribution in [-0.2, 0) is 21.1 Å². The molecule has 0 saturated carbocycles. The summed E-state index contributed by atoms with van der Waals surface area (Å²) in [6, 6.07) is 82.1. The number of fused-ring (bicyclic) bond motifs is 4. The summed E-state index contributed by atoms with van der Waals surface area (Å²) < 4.78 is 8.86. The van der Waals surface area contributed by atoms with E-state index >= 15 is 0 Å². The number of para-hydroxylation sites is 4. The van der Waals surface area contributed by atoms with Gasteiger partial charge >= 0.3 is 0 Å². The Morgan fingerprint density at radius 2 is 1.05 bits per heavy atom. The molecule has 2 aromatic heterocycles. The van der Waals surface area contributed by atoms with Gasteiger partial charge in [0, 0.05) is 61.3 Å². The Hall–Kier alpha value is -6.98. The van der Waals surface area contributed by atoms with Gasteiger partial charge in [-0.1, -0.05) is 145 Å². The van der Waals surface area contributed by atoms with Crippen molar-refractivity contribution < 1.29 is 25.8 Å². The molecule has 1 aliphatic rings. The molecule has 0 amide bonds. The SMILES string of the molecule is [Pt].[c-]1c(Oc2[c-]c3c(cc2)c2ccccc2n3-c2cc([Si](c3ccccc3)(c3ccccc3)c3ccccc3)ccn2)cccc1N1[CH-]N(c2ccccc2)c2ccccc21. The van der Waals surface area contributed by atoms with Gasteiger partial charge in [0.05, 0.1) is 0 Å². The van der Waals surface area contributed by atoms with Gasteiger partial charge in [-0.05, 0) is 68.6 Å². The van der Waals surface area contributed by atoms with Crippen molar-refractivity contribution in [3.8, 4) is 17.3 Å². The molecule has 296 valence electrons. The van der Waals surface area contributed by atoms with E-state index in [0.29, 0.717) is 11.5 Å². The number of anilines is 4. The zero-order valence-electron chi connectivity index (χ0n) is 32.9. The van der Waals surface area contributed by atoms with Crippen molar-refractivity contribution in [2.45, 2.75) is 0 Å². The van der Waals surface area contributed by atoms with Crippen LogP contribution in [-0.4, -0.2) is 17.6 Å². The first-order chi connectivity index (χ1) is 29.8. The Kier molecular flexibility index (Phi) is 10.2. The average Bonchev–Trinajstić information content (AvgIpc) is 3.87. The maximum atomic E-state index is 6.63. The van der Waals surface area contributed by atoms with Crippen LogP contribution in [0.5, 0.6) is 11.5 Å². The van der Waals surface area contributed by atoms with Gasteiger partial charge in [-0.2, -0.15) is 12.1 Å². The second-order valence-corrected chi connectivity index (χ2v) is 18.7. The molecular weight excluding hydrogens is 944 g/mol. The van der Waals surface area contributed by atoms with E-state index in [4.69, 9.17) is 9.72 Å². The maximum absolute atomic E-state index is 6.63. The predicted octanol–water partition coefficient (Wildman–Crippen LogP) is 10.4. The fourth-order valence-corrected chi connectivity index (χ4v) is 13.6. The summed E-state index contributed by atoms with van der Waals surface area (Å²) in [6.07, 6.45) is 1.97. The van der Waals surface area contributed by atoms with Crippen LogP contribution in [0.2, 0.25) is 0 Å². The minimum atomic E-state index is -2.81. The number of ether oxygens (including phenoxy) is 1. The van der Waals surface area contributed by atoms with Gasteiger partial charge in [0.25, 0.3) is 0 Å². The minimum Gasteiger partial charge on any atom is -0.509 e. The fourth-order valence-electron chi connectivity index (χ4n) is 8.86. The smallest absolute Gasteiger partial charge is 0.179 e. The van der Waals surface area contributed by atoms with Crippen molar-refractivity contribution in [2.75, 3.05) is 9.80 Å². The minimum absolute atomic E-state index is 0. The summed E-state index contributed by atoms with van der Waals surface area (Å²) in [5, 5.41) is 7.37. The van der Waals surface area contributed by atoms with Gasteiger partial charge in [-0.3, -0.25) is 0 Å². The van der Waals surface area contributed by atoms with E-state index in [1.807, 2.05) is 30.5 Å². The van der Waals surface area contributed by atoms with Gasteiger partial charge in [-0.25, -0.2) is 4.98 Å². The Labute approximate surface area is 371 Å². The molecule has 5 nitrogen and oxygen atoms in total. The third kappa shape index (κ3) is 6.65. The molecule has 0 unspecified atom stereocenters. The molecule has 10 aromatic rings. The van der Waals surface area contributed by atoms with Crippen molar-refractivity contribution in [3.63, 3.8) is 0 Å². The normalized spacial score (nSPS) is 12.3. The van der Waals surface area contributed by atoms with Crippen LogP contribution in [0.15, 0.2) is 219 Å². The molecule has 8 aromatic carbocycles. The third-order valence-electron chi connectivity index (χ3n) is 11.5. The van der Waals surface area contributed by atoms with E-state index in [2.05, 4.69) is 221 Å². The fraction of sp³-hybridized carbons (Fsp3) is 0. The molecule has 61 heavy (non-hydrogen) atoms. The summed E-state index contributed by atoms with van der Waals surface area (Å²) >= 11 is 0. The van der Waals surface area contributed by atoms with Gasteiger partial charge in [0.2, 0.25) is 0 Å². The number of hydrogen-bond acceptors (Lipinski definition) is 4. The van der Waals surface area contributed by atoms with E-state index in [0.717, 1.165) is 50.4 Å². The van der Waals surface area contributed by atoms with Crippen LogP contribution in [0.1, 0.15) is 0 Å². The van der Waals surface area contributed by atoms with Crippen LogP contribution >= 0.6 is 0 Å². The van der Waals surface area contributed by atoms with Gasteiger partial charge in [0.1, 0.15) is 5.82 Å². The second-order valence-electron chi connectivity index (χ2n) is 14.9. The third-order valence-corrected chi connectivity index (χ3v) is 16.3. The van der Waals surface area contributed by atoms with Gasteiger partial charge in [0.15, 0.2) is 8.07 Å². The van der Waals surface area contributed by atoms with E-state index in [1.54, 1.807) is 0 Å². The molecule has 1 aliphatic heterocycles. The average molecular weight is 981 g/mol. The predicted molar refractivity (Wildman–Crippen MR) is 248 cm³/mol. The largest absolute Gasteiger partial charge is 0.509 e. The van der Waals surface area contributed by atoms with E-state index in [9.17, 15) is 0 Å². The van der Waals surface area contributed by atoms with Crippen molar-refractivity contribution in [3.05, 3.63) is 237 Å². The molecule has 0 spiro atoms. The van der Waals surface area contributed by atoms with Crippen LogP contribution in [0, 0.1) is 18.8 Å². The number of pyridine rings is 1. The van der Waals surface area contributed by atoms with Crippen molar-refractivity contribution in [2.24, 2.45) is 0 Å². The molecular formula is C54H37N4OPtSi-3. The number of nitrogens with zero attached hydrogens (tertiary/aromatic N) is 4. The van der Waals surface area contributed by atoms with E-state index < -0.39 is 8.07 Å². The molecule has 7 heteroatoms. The maximum Gasteiger partial charge on any atom is 0.179 e. The summed E-state index contributed by atoms with van der Waals surface area (Å²) in [4.78, 5) is 9.45. The van der Waals surface area contributed by atoms with Gasteiger partial charge < -0.3 is 19.1 Å². The topological polar surface area (TPSA) is 33.5 Å². The Balaban J connectivity index is 0.00000445. The van der Waals surface area contributed by atoms with Gasteiger partial charge in [-0.15, -0.1) is 48.1 Å². The molecule has 0 aliphatic carbocycles.